The molecule has 0 bridgehead atoms. The molecule has 1 aliphatic rings. The summed E-state index contributed by atoms with van der Waals surface area (Å²) in [7, 11) is 0. The van der Waals surface area contributed by atoms with Crippen LogP contribution in [0.15, 0.2) is 40.8 Å². The van der Waals surface area contributed by atoms with Crippen molar-refractivity contribution in [3.05, 3.63) is 47.9 Å². The molecule has 24 heavy (non-hydrogen) atoms. The van der Waals surface area contributed by atoms with Crippen molar-refractivity contribution in [3.8, 4) is 0 Å². The average molecular weight is 326 g/mol. The summed E-state index contributed by atoms with van der Waals surface area (Å²) in [5.74, 6) is 0.972. The van der Waals surface area contributed by atoms with Crippen molar-refractivity contribution < 1.29 is 9.21 Å². The van der Waals surface area contributed by atoms with E-state index in [0.717, 1.165) is 30.2 Å². The smallest absolute Gasteiger partial charge is 0.291 e. The lowest BCUT2D eigenvalue weighted by Crippen LogP contribution is -2.30. The monoisotopic (exact) mass is 326 g/mol. The number of furan rings is 1. The molecule has 2 aromatic rings. The van der Waals surface area contributed by atoms with Crippen molar-refractivity contribution in [1.82, 2.24) is 0 Å². The highest BCUT2D eigenvalue weighted by atomic mass is 16.4. The SMILES string of the molecule is CC(C)(C)c1ccc(C(=O)Nc2ccccc2N2CCCCC2)o1. The van der Waals surface area contributed by atoms with Crippen LogP contribution in [0.5, 0.6) is 0 Å². The van der Waals surface area contributed by atoms with E-state index in [0.29, 0.717) is 5.76 Å². The Bertz CT molecular complexity index is 706. The van der Waals surface area contributed by atoms with E-state index in [4.69, 9.17) is 4.42 Å². The molecule has 2 heterocycles. The molecule has 128 valence electrons. The van der Waals surface area contributed by atoms with Crippen LogP contribution >= 0.6 is 0 Å². The van der Waals surface area contributed by atoms with Gasteiger partial charge in [-0.15, -0.1) is 0 Å². The number of carbonyl (C=O) groups is 1. The number of hydrogen-bond donors (Lipinski definition) is 1. The first-order valence-electron chi connectivity index (χ1n) is 8.71. The standard InChI is InChI=1S/C20H26N2O2/c1-20(2,3)18-12-11-17(24-18)19(23)21-15-9-5-6-10-16(15)22-13-7-4-8-14-22/h5-6,9-12H,4,7-8,13-14H2,1-3H3,(H,21,23). The Morgan fingerprint density at radius 2 is 1.75 bits per heavy atom. The molecular weight excluding hydrogens is 300 g/mol. The molecule has 0 atom stereocenters. The average Bonchev–Trinajstić information content (AvgIpc) is 3.07. The lowest BCUT2D eigenvalue weighted by molar-refractivity contribution is 0.0993. The summed E-state index contributed by atoms with van der Waals surface area (Å²) < 4.78 is 5.74. The van der Waals surface area contributed by atoms with Crippen LogP contribution in [0.4, 0.5) is 11.4 Å². The lowest BCUT2D eigenvalue weighted by atomic mass is 9.94. The van der Waals surface area contributed by atoms with Crippen molar-refractivity contribution in [2.75, 3.05) is 23.3 Å². The third-order valence-corrected chi connectivity index (χ3v) is 4.42. The Labute approximate surface area is 143 Å². The second-order valence-corrected chi connectivity index (χ2v) is 7.43. The molecule has 1 saturated heterocycles. The molecule has 0 saturated carbocycles. The maximum atomic E-state index is 12.6. The van der Waals surface area contributed by atoms with Gasteiger partial charge in [-0.1, -0.05) is 32.9 Å². The van der Waals surface area contributed by atoms with Gasteiger partial charge in [-0.05, 0) is 43.5 Å². The van der Waals surface area contributed by atoms with Crippen molar-refractivity contribution in [2.45, 2.75) is 45.4 Å². The van der Waals surface area contributed by atoms with Crippen LogP contribution in [-0.2, 0) is 5.41 Å². The fourth-order valence-electron chi connectivity index (χ4n) is 3.04. The second kappa shape index (κ2) is 6.71. The molecule has 1 aromatic carbocycles. The molecule has 4 heteroatoms. The van der Waals surface area contributed by atoms with Crippen molar-refractivity contribution >= 4 is 17.3 Å². The highest BCUT2D eigenvalue weighted by Crippen LogP contribution is 2.29. The molecule has 1 fully saturated rings. The molecule has 0 aliphatic carbocycles. The van der Waals surface area contributed by atoms with Gasteiger partial charge in [-0.2, -0.15) is 0 Å². The van der Waals surface area contributed by atoms with Crippen molar-refractivity contribution in [3.63, 3.8) is 0 Å². The molecule has 4 nitrogen and oxygen atoms in total. The number of carbonyl (C=O) groups excluding carboxylic acids is 1. The van der Waals surface area contributed by atoms with Crippen LogP contribution < -0.4 is 10.2 Å². The minimum absolute atomic E-state index is 0.107. The van der Waals surface area contributed by atoms with Gasteiger partial charge in [0, 0.05) is 18.5 Å². The number of benzene rings is 1. The summed E-state index contributed by atoms with van der Waals surface area (Å²) >= 11 is 0. The Hall–Kier alpha value is -2.23. The van der Waals surface area contributed by atoms with E-state index in [1.807, 2.05) is 24.3 Å². The van der Waals surface area contributed by atoms with E-state index >= 15 is 0 Å². The van der Waals surface area contributed by atoms with E-state index in [-0.39, 0.29) is 11.3 Å². The van der Waals surface area contributed by atoms with Crippen LogP contribution in [0, 0.1) is 0 Å². The normalized spacial score (nSPS) is 15.4. The first kappa shape index (κ1) is 16.6. The van der Waals surface area contributed by atoms with Gasteiger partial charge in [0.25, 0.3) is 5.91 Å². The maximum Gasteiger partial charge on any atom is 0.291 e. The Kier molecular flexibility index (Phi) is 4.65. The van der Waals surface area contributed by atoms with Crippen LogP contribution in [0.1, 0.15) is 56.3 Å². The summed E-state index contributed by atoms with van der Waals surface area (Å²) in [6.07, 6.45) is 3.69. The fourth-order valence-corrected chi connectivity index (χ4v) is 3.04. The number of rotatable bonds is 3. The van der Waals surface area contributed by atoms with Gasteiger partial charge in [0.2, 0.25) is 0 Å². The van der Waals surface area contributed by atoms with Crippen LogP contribution in [0.3, 0.4) is 0 Å². The number of hydrogen-bond acceptors (Lipinski definition) is 3. The van der Waals surface area contributed by atoms with E-state index in [1.165, 1.54) is 19.3 Å². The molecule has 0 radical (unpaired) electrons. The molecular formula is C20H26N2O2. The fraction of sp³-hybridized carbons (Fsp3) is 0.450. The zero-order valence-electron chi connectivity index (χ0n) is 14.8. The number of anilines is 2. The number of amides is 1. The second-order valence-electron chi connectivity index (χ2n) is 7.43. The number of nitrogens with one attached hydrogen (secondary N) is 1. The lowest BCUT2D eigenvalue weighted by Gasteiger charge is -2.30. The minimum atomic E-state index is -0.199. The summed E-state index contributed by atoms with van der Waals surface area (Å²) in [6.45, 7) is 8.29. The van der Waals surface area contributed by atoms with Crippen molar-refractivity contribution in [1.29, 1.82) is 0 Å². The Balaban J connectivity index is 1.78. The van der Waals surface area contributed by atoms with Crippen LogP contribution in [0.2, 0.25) is 0 Å². The third-order valence-electron chi connectivity index (χ3n) is 4.42. The Morgan fingerprint density at radius 1 is 1.04 bits per heavy atom. The quantitative estimate of drug-likeness (QED) is 0.879. The van der Waals surface area contributed by atoms with Gasteiger partial charge in [0.05, 0.1) is 11.4 Å². The number of piperidine rings is 1. The number of para-hydroxylation sites is 2. The molecule has 1 aliphatic heterocycles. The van der Waals surface area contributed by atoms with E-state index in [9.17, 15) is 4.79 Å². The summed E-state index contributed by atoms with van der Waals surface area (Å²) in [4.78, 5) is 14.9. The molecule has 0 spiro atoms. The zero-order valence-corrected chi connectivity index (χ0v) is 14.8. The highest BCUT2D eigenvalue weighted by molar-refractivity contribution is 6.04. The summed E-state index contributed by atoms with van der Waals surface area (Å²) in [5.41, 5.74) is 1.83. The largest absolute Gasteiger partial charge is 0.455 e. The Morgan fingerprint density at radius 3 is 2.42 bits per heavy atom. The van der Waals surface area contributed by atoms with Gasteiger partial charge in [-0.25, -0.2) is 0 Å². The topological polar surface area (TPSA) is 45.5 Å². The highest BCUT2D eigenvalue weighted by Gasteiger charge is 2.21. The molecule has 0 unspecified atom stereocenters. The molecule has 1 N–H and O–H groups in total. The van der Waals surface area contributed by atoms with Gasteiger partial charge < -0.3 is 14.6 Å². The van der Waals surface area contributed by atoms with Crippen molar-refractivity contribution in [2.24, 2.45) is 0 Å². The zero-order chi connectivity index (χ0) is 17.2. The molecule has 1 amide bonds. The maximum absolute atomic E-state index is 12.6. The van der Waals surface area contributed by atoms with Crippen LogP contribution in [-0.4, -0.2) is 19.0 Å². The summed E-state index contributed by atoms with van der Waals surface area (Å²) in [6, 6.07) is 11.6. The van der Waals surface area contributed by atoms with Gasteiger partial charge >= 0.3 is 0 Å². The third kappa shape index (κ3) is 3.64. The predicted molar refractivity (Wildman–Crippen MR) is 97.9 cm³/mol. The van der Waals surface area contributed by atoms with E-state index in [2.05, 4.69) is 37.1 Å². The first-order chi connectivity index (χ1) is 11.4. The predicted octanol–water partition coefficient (Wildman–Crippen LogP) is 4.82. The minimum Gasteiger partial charge on any atom is -0.455 e. The van der Waals surface area contributed by atoms with E-state index < -0.39 is 0 Å². The van der Waals surface area contributed by atoms with Gasteiger partial charge in [0.1, 0.15) is 5.76 Å². The van der Waals surface area contributed by atoms with Crippen LogP contribution in [0.25, 0.3) is 0 Å². The van der Waals surface area contributed by atoms with E-state index in [1.54, 1.807) is 6.07 Å². The summed E-state index contributed by atoms with van der Waals surface area (Å²) in [5, 5.41) is 3.01. The van der Waals surface area contributed by atoms with Gasteiger partial charge in [-0.3, -0.25) is 4.79 Å². The molecule has 1 aromatic heterocycles. The first-order valence-corrected chi connectivity index (χ1v) is 8.71. The molecule has 3 rings (SSSR count). The van der Waals surface area contributed by atoms with Gasteiger partial charge in [0.15, 0.2) is 5.76 Å². The number of nitrogens with zero attached hydrogens (tertiary/aromatic N) is 1.